The summed E-state index contributed by atoms with van der Waals surface area (Å²) in [5, 5.41) is 0. The number of alkyl halides is 3. The van der Waals surface area contributed by atoms with Crippen LogP contribution in [0.5, 0.6) is 0 Å². The molecule has 5 heteroatoms. The van der Waals surface area contributed by atoms with Gasteiger partial charge in [0.1, 0.15) is 11.5 Å². The van der Waals surface area contributed by atoms with E-state index in [1.165, 1.54) is 0 Å². The van der Waals surface area contributed by atoms with Crippen molar-refractivity contribution in [3.63, 3.8) is 0 Å². The number of aryl methyl sites for hydroxylation is 2. The maximum absolute atomic E-state index is 11.9. The summed E-state index contributed by atoms with van der Waals surface area (Å²) >= 11 is 0. The van der Waals surface area contributed by atoms with Crippen molar-refractivity contribution in [3.8, 4) is 0 Å². The van der Waals surface area contributed by atoms with Gasteiger partial charge in [0.05, 0.1) is 5.56 Å². The maximum Gasteiger partial charge on any atom is 0.389 e. The van der Waals surface area contributed by atoms with E-state index in [1.54, 1.807) is 20.8 Å². The Morgan fingerprint density at radius 3 is 2.18 bits per heavy atom. The number of Topliss-reactive ketones (excluding diaryl/α,β-unsaturated/α-hetero) is 1. The van der Waals surface area contributed by atoms with Gasteiger partial charge in [-0.05, 0) is 27.2 Å². The van der Waals surface area contributed by atoms with Crippen LogP contribution in [0, 0.1) is 20.8 Å². The highest BCUT2D eigenvalue weighted by atomic mass is 19.4. The van der Waals surface area contributed by atoms with E-state index >= 15 is 0 Å². The van der Waals surface area contributed by atoms with Gasteiger partial charge in [0.15, 0.2) is 5.78 Å². The van der Waals surface area contributed by atoms with Gasteiger partial charge in [-0.15, -0.1) is 0 Å². The summed E-state index contributed by atoms with van der Waals surface area (Å²) in [6.45, 7) is 5.12. The number of carbonyl (C=O) groups is 1. The first-order valence-corrected chi connectivity index (χ1v) is 5.39. The lowest BCUT2D eigenvalue weighted by atomic mass is 10.0. The third kappa shape index (κ3) is 3.61. The maximum atomic E-state index is 11.9. The number of ketones is 1. The quantitative estimate of drug-likeness (QED) is 0.750. The van der Waals surface area contributed by atoms with E-state index in [0.29, 0.717) is 17.1 Å². The van der Waals surface area contributed by atoms with Crippen molar-refractivity contribution >= 4 is 5.78 Å². The van der Waals surface area contributed by atoms with Crippen LogP contribution in [0.1, 0.15) is 46.7 Å². The van der Waals surface area contributed by atoms with Crippen molar-refractivity contribution in [1.82, 2.24) is 0 Å². The smallest absolute Gasteiger partial charge is 0.389 e. The molecule has 0 bridgehead atoms. The van der Waals surface area contributed by atoms with Crippen LogP contribution < -0.4 is 0 Å². The lowest BCUT2D eigenvalue weighted by Gasteiger charge is -2.05. The van der Waals surface area contributed by atoms with Gasteiger partial charge in [-0.1, -0.05) is 0 Å². The number of hydrogen-bond acceptors (Lipinski definition) is 2. The average molecular weight is 248 g/mol. The van der Waals surface area contributed by atoms with Crippen LogP contribution >= 0.6 is 0 Å². The van der Waals surface area contributed by atoms with Gasteiger partial charge in [0.2, 0.25) is 0 Å². The molecular weight excluding hydrogens is 233 g/mol. The number of hydrogen-bond donors (Lipinski definition) is 0. The standard InChI is InChI=1S/C12H15F3O2/c1-7-8(2)17-9(3)11(7)10(16)5-4-6-12(13,14)15/h4-6H2,1-3H3. The lowest BCUT2D eigenvalue weighted by molar-refractivity contribution is -0.135. The van der Waals surface area contributed by atoms with Gasteiger partial charge < -0.3 is 4.42 Å². The summed E-state index contributed by atoms with van der Waals surface area (Å²) in [6, 6.07) is 0. The zero-order chi connectivity index (χ0) is 13.2. The Labute approximate surface area is 97.8 Å². The number of furan rings is 1. The van der Waals surface area contributed by atoms with E-state index in [-0.39, 0.29) is 18.6 Å². The fraction of sp³-hybridized carbons (Fsp3) is 0.583. The van der Waals surface area contributed by atoms with Crippen LogP contribution in [-0.4, -0.2) is 12.0 Å². The molecule has 1 heterocycles. The Morgan fingerprint density at radius 2 is 1.76 bits per heavy atom. The van der Waals surface area contributed by atoms with Crippen LogP contribution in [0.3, 0.4) is 0 Å². The molecule has 0 radical (unpaired) electrons. The second kappa shape index (κ2) is 4.94. The van der Waals surface area contributed by atoms with E-state index in [4.69, 9.17) is 4.42 Å². The van der Waals surface area contributed by atoms with Crippen molar-refractivity contribution in [2.24, 2.45) is 0 Å². The Morgan fingerprint density at radius 1 is 1.18 bits per heavy atom. The second-order valence-electron chi connectivity index (χ2n) is 4.11. The van der Waals surface area contributed by atoms with Crippen molar-refractivity contribution in [2.45, 2.75) is 46.2 Å². The van der Waals surface area contributed by atoms with Gasteiger partial charge >= 0.3 is 6.18 Å². The van der Waals surface area contributed by atoms with Gasteiger partial charge in [-0.2, -0.15) is 13.2 Å². The molecule has 17 heavy (non-hydrogen) atoms. The molecule has 0 aliphatic heterocycles. The predicted molar refractivity (Wildman–Crippen MR) is 57.2 cm³/mol. The minimum Gasteiger partial charge on any atom is -0.466 e. The molecule has 0 saturated carbocycles. The fourth-order valence-electron chi connectivity index (χ4n) is 1.78. The number of rotatable bonds is 4. The van der Waals surface area contributed by atoms with Gasteiger partial charge in [-0.3, -0.25) is 4.79 Å². The molecule has 0 N–H and O–H groups in total. The second-order valence-corrected chi connectivity index (χ2v) is 4.11. The van der Waals surface area contributed by atoms with Crippen molar-refractivity contribution in [2.75, 3.05) is 0 Å². The van der Waals surface area contributed by atoms with Crippen molar-refractivity contribution < 1.29 is 22.4 Å². The molecular formula is C12H15F3O2. The lowest BCUT2D eigenvalue weighted by Crippen LogP contribution is -2.09. The Bertz CT molecular complexity index is 416. The summed E-state index contributed by atoms with van der Waals surface area (Å²) < 4.78 is 41.1. The van der Waals surface area contributed by atoms with Crippen LogP contribution in [-0.2, 0) is 0 Å². The van der Waals surface area contributed by atoms with Crippen LogP contribution in [0.4, 0.5) is 13.2 Å². The molecule has 2 nitrogen and oxygen atoms in total. The highest BCUT2D eigenvalue weighted by Gasteiger charge is 2.27. The predicted octanol–water partition coefficient (Wildman–Crippen LogP) is 4.12. The SMILES string of the molecule is Cc1oc(C)c(C(=O)CCCC(F)(F)F)c1C. The minimum absolute atomic E-state index is 0.0971. The normalized spacial score (nSPS) is 11.9. The molecule has 0 aromatic carbocycles. The first-order chi connectivity index (χ1) is 7.72. The summed E-state index contributed by atoms with van der Waals surface area (Å²) in [5.74, 6) is 0.847. The third-order valence-electron chi connectivity index (χ3n) is 2.70. The monoisotopic (exact) mass is 248 g/mol. The molecule has 1 aromatic heterocycles. The summed E-state index contributed by atoms with van der Waals surface area (Å²) in [7, 11) is 0. The van der Waals surface area contributed by atoms with E-state index in [1.807, 2.05) is 0 Å². The van der Waals surface area contributed by atoms with E-state index < -0.39 is 12.6 Å². The molecule has 0 aliphatic rings. The third-order valence-corrected chi connectivity index (χ3v) is 2.70. The molecule has 0 spiro atoms. The molecule has 0 fully saturated rings. The zero-order valence-electron chi connectivity index (χ0n) is 10.1. The number of halogens is 3. The molecule has 1 aromatic rings. The molecule has 0 aliphatic carbocycles. The van der Waals surface area contributed by atoms with E-state index in [2.05, 4.69) is 0 Å². The van der Waals surface area contributed by atoms with Crippen LogP contribution in [0.2, 0.25) is 0 Å². The molecule has 96 valence electrons. The minimum atomic E-state index is -4.20. The molecule has 0 saturated heterocycles. The van der Waals surface area contributed by atoms with Gasteiger partial charge in [0, 0.05) is 18.4 Å². The molecule has 0 unspecified atom stereocenters. The average Bonchev–Trinajstić information content (AvgIpc) is 2.38. The number of carbonyl (C=O) groups excluding carboxylic acids is 1. The summed E-state index contributed by atoms with van der Waals surface area (Å²) in [4.78, 5) is 11.8. The van der Waals surface area contributed by atoms with Gasteiger partial charge in [0.25, 0.3) is 0 Å². The molecule has 0 amide bonds. The first kappa shape index (κ1) is 13.8. The highest BCUT2D eigenvalue weighted by molar-refractivity contribution is 5.98. The van der Waals surface area contributed by atoms with Crippen molar-refractivity contribution in [3.05, 3.63) is 22.6 Å². The zero-order valence-corrected chi connectivity index (χ0v) is 10.1. The summed E-state index contributed by atoms with van der Waals surface area (Å²) in [5.41, 5.74) is 1.16. The van der Waals surface area contributed by atoms with Crippen molar-refractivity contribution in [1.29, 1.82) is 0 Å². The highest BCUT2D eigenvalue weighted by Crippen LogP contribution is 2.25. The van der Waals surface area contributed by atoms with Crippen LogP contribution in [0.15, 0.2) is 4.42 Å². The molecule has 1 rings (SSSR count). The van der Waals surface area contributed by atoms with E-state index in [9.17, 15) is 18.0 Å². The Kier molecular flexibility index (Phi) is 4.01. The van der Waals surface area contributed by atoms with E-state index in [0.717, 1.165) is 5.56 Å². The Balaban J connectivity index is 2.65. The topological polar surface area (TPSA) is 30.2 Å². The molecule has 0 atom stereocenters. The van der Waals surface area contributed by atoms with Crippen LogP contribution in [0.25, 0.3) is 0 Å². The Hall–Kier alpha value is -1.26. The fourth-order valence-corrected chi connectivity index (χ4v) is 1.78. The largest absolute Gasteiger partial charge is 0.466 e. The first-order valence-electron chi connectivity index (χ1n) is 5.39. The summed E-state index contributed by atoms with van der Waals surface area (Å²) in [6.07, 6.45) is -5.39. The van der Waals surface area contributed by atoms with Gasteiger partial charge in [-0.25, -0.2) is 0 Å².